The highest BCUT2D eigenvalue weighted by molar-refractivity contribution is 5.76. The molecule has 5 heteroatoms. The molecule has 0 saturated carbocycles. The molecular weight excluding hydrogens is 254 g/mol. The largest absolute Gasteiger partial charge is 0.361 e. The Labute approximate surface area is 121 Å². The summed E-state index contributed by atoms with van der Waals surface area (Å²) in [5.74, 6) is 1.59. The number of nitrogens with two attached hydrogens (primary N) is 1. The molecule has 0 saturated heterocycles. The fourth-order valence-electron chi connectivity index (χ4n) is 2.67. The predicted octanol–water partition coefficient (Wildman–Crippen LogP) is 2.48. The highest BCUT2D eigenvalue weighted by Crippen LogP contribution is 2.21. The van der Waals surface area contributed by atoms with E-state index in [2.05, 4.69) is 24.3 Å². The van der Waals surface area contributed by atoms with Crippen LogP contribution in [0.15, 0.2) is 4.52 Å². The van der Waals surface area contributed by atoms with Crippen molar-refractivity contribution in [2.75, 3.05) is 6.54 Å². The summed E-state index contributed by atoms with van der Waals surface area (Å²) in [6, 6.07) is -0.0915. The van der Waals surface area contributed by atoms with Gasteiger partial charge in [-0.1, -0.05) is 19.0 Å². The van der Waals surface area contributed by atoms with Gasteiger partial charge in [0.15, 0.2) is 0 Å². The van der Waals surface area contributed by atoms with E-state index in [-0.39, 0.29) is 17.9 Å². The lowest BCUT2D eigenvalue weighted by atomic mass is 9.94. The first-order valence-corrected chi connectivity index (χ1v) is 7.27. The monoisotopic (exact) mass is 281 g/mol. The van der Waals surface area contributed by atoms with Gasteiger partial charge in [-0.05, 0) is 45.6 Å². The van der Waals surface area contributed by atoms with Crippen LogP contribution >= 0.6 is 0 Å². The molecular formula is C15H27N3O2. The van der Waals surface area contributed by atoms with Crippen LogP contribution in [0.3, 0.4) is 0 Å². The minimum Gasteiger partial charge on any atom is -0.361 e. The molecule has 3 N–H and O–H groups in total. The lowest BCUT2D eigenvalue weighted by Gasteiger charge is -2.19. The van der Waals surface area contributed by atoms with Crippen LogP contribution in [0.4, 0.5) is 0 Å². The number of amides is 1. The van der Waals surface area contributed by atoms with Gasteiger partial charge in [0.2, 0.25) is 5.91 Å². The van der Waals surface area contributed by atoms with Crippen molar-refractivity contribution in [2.45, 2.75) is 53.5 Å². The van der Waals surface area contributed by atoms with Gasteiger partial charge in [0.25, 0.3) is 0 Å². The van der Waals surface area contributed by atoms with E-state index >= 15 is 0 Å². The van der Waals surface area contributed by atoms with E-state index < -0.39 is 0 Å². The summed E-state index contributed by atoms with van der Waals surface area (Å²) in [5.41, 5.74) is 7.53. The molecule has 5 nitrogen and oxygen atoms in total. The topological polar surface area (TPSA) is 81.2 Å². The number of carbonyl (C=O) groups excluding carboxylic acids is 1. The van der Waals surface area contributed by atoms with Gasteiger partial charge in [0.05, 0.1) is 11.7 Å². The third-order valence-corrected chi connectivity index (χ3v) is 3.51. The van der Waals surface area contributed by atoms with Gasteiger partial charge in [-0.3, -0.25) is 4.79 Å². The molecule has 0 aliphatic heterocycles. The first-order chi connectivity index (χ1) is 9.35. The second-order valence-corrected chi connectivity index (χ2v) is 5.96. The van der Waals surface area contributed by atoms with Crippen LogP contribution < -0.4 is 11.1 Å². The molecule has 0 bridgehead atoms. The number of rotatable bonds is 7. The summed E-state index contributed by atoms with van der Waals surface area (Å²) in [7, 11) is 0. The van der Waals surface area contributed by atoms with E-state index in [1.807, 2.05) is 20.8 Å². The van der Waals surface area contributed by atoms with E-state index in [1.165, 1.54) is 0 Å². The molecule has 1 rings (SSSR count). The average molecular weight is 281 g/mol. The van der Waals surface area contributed by atoms with Gasteiger partial charge < -0.3 is 15.6 Å². The highest BCUT2D eigenvalue weighted by atomic mass is 16.5. The molecule has 0 aliphatic carbocycles. The maximum absolute atomic E-state index is 12.1. The van der Waals surface area contributed by atoms with Crippen LogP contribution in [-0.2, 0) is 4.79 Å². The second kappa shape index (κ2) is 7.43. The lowest BCUT2D eigenvalue weighted by molar-refractivity contribution is -0.122. The van der Waals surface area contributed by atoms with Crippen molar-refractivity contribution in [3.8, 4) is 0 Å². The minimum atomic E-state index is -0.0915. The first kappa shape index (κ1) is 16.7. The van der Waals surface area contributed by atoms with Crippen molar-refractivity contribution in [3.05, 3.63) is 17.0 Å². The maximum atomic E-state index is 12.1. The van der Waals surface area contributed by atoms with Crippen molar-refractivity contribution >= 4 is 5.91 Å². The third kappa shape index (κ3) is 4.63. The van der Waals surface area contributed by atoms with E-state index in [0.29, 0.717) is 18.9 Å². The zero-order valence-electron chi connectivity index (χ0n) is 13.2. The summed E-state index contributed by atoms with van der Waals surface area (Å²) in [5, 5.41) is 6.92. The van der Waals surface area contributed by atoms with Crippen LogP contribution in [0.1, 0.15) is 56.7 Å². The molecule has 0 radical (unpaired) electrons. The van der Waals surface area contributed by atoms with Gasteiger partial charge >= 0.3 is 0 Å². The fraction of sp³-hybridized carbons (Fsp3) is 0.733. The molecule has 1 amide bonds. The van der Waals surface area contributed by atoms with Crippen LogP contribution in [0.5, 0.6) is 0 Å². The third-order valence-electron chi connectivity index (χ3n) is 3.51. The number of carbonyl (C=O) groups is 1. The Bertz CT molecular complexity index is 421. The Hall–Kier alpha value is -1.36. The zero-order chi connectivity index (χ0) is 15.3. The summed E-state index contributed by atoms with van der Waals surface area (Å²) in [6.07, 6.45) is 1.45. The Morgan fingerprint density at radius 3 is 2.45 bits per heavy atom. The number of nitrogens with zero attached hydrogens (tertiary/aromatic N) is 1. The van der Waals surface area contributed by atoms with Crippen molar-refractivity contribution in [1.82, 2.24) is 10.5 Å². The molecule has 0 fully saturated rings. The maximum Gasteiger partial charge on any atom is 0.220 e. The number of hydrogen-bond donors (Lipinski definition) is 2. The van der Waals surface area contributed by atoms with Crippen LogP contribution in [0.2, 0.25) is 0 Å². The van der Waals surface area contributed by atoms with Crippen molar-refractivity contribution in [3.63, 3.8) is 0 Å². The molecule has 0 aliphatic rings. The summed E-state index contributed by atoms with van der Waals surface area (Å²) < 4.78 is 5.13. The number of nitrogens with one attached hydrogen (secondary N) is 1. The molecule has 1 heterocycles. The Balaban J connectivity index is 2.57. The Kier molecular flexibility index (Phi) is 6.20. The van der Waals surface area contributed by atoms with Gasteiger partial charge in [-0.25, -0.2) is 0 Å². The van der Waals surface area contributed by atoms with Gasteiger partial charge in [0.1, 0.15) is 5.76 Å². The number of aromatic nitrogens is 1. The SMILES string of the molecule is Cc1noc(C)c1C(C)NC(=O)C[C@@H](CN)CC(C)C. The molecule has 1 unspecified atom stereocenters. The average Bonchev–Trinajstić information content (AvgIpc) is 2.67. The molecule has 20 heavy (non-hydrogen) atoms. The minimum absolute atomic E-state index is 0.0357. The summed E-state index contributed by atoms with van der Waals surface area (Å²) in [4.78, 5) is 12.1. The highest BCUT2D eigenvalue weighted by Gasteiger charge is 2.20. The molecule has 0 spiro atoms. The van der Waals surface area contributed by atoms with Gasteiger partial charge in [0, 0.05) is 12.0 Å². The van der Waals surface area contributed by atoms with E-state index in [9.17, 15) is 4.79 Å². The first-order valence-electron chi connectivity index (χ1n) is 7.27. The van der Waals surface area contributed by atoms with E-state index in [0.717, 1.165) is 23.4 Å². The van der Waals surface area contributed by atoms with Crippen molar-refractivity contribution < 1.29 is 9.32 Å². The van der Waals surface area contributed by atoms with E-state index in [4.69, 9.17) is 10.3 Å². The standard InChI is InChI=1S/C15H27N3O2/c1-9(2)6-13(8-16)7-14(19)17-10(3)15-11(4)18-20-12(15)5/h9-10,13H,6-8,16H2,1-5H3,(H,17,19)/t10?,13-/m0/s1. The normalized spacial score (nSPS) is 14.3. The molecule has 114 valence electrons. The number of aryl methyl sites for hydroxylation is 2. The summed E-state index contributed by atoms with van der Waals surface area (Å²) >= 11 is 0. The smallest absolute Gasteiger partial charge is 0.220 e. The van der Waals surface area contributed by atoms with Crippen molar-refractivity contribution in [1.29, 1.82) is 0 Å². The molecule has 0 aromatic carbocycles. The van der Waals surface area contributed by atoms with Crippen molar-refractivity contribution in [2.24, 2.45) is 17.6 Å². The van der Waals surface area contributed by atoms with Crippen LogP contribution in [-0.4, -0.2) is 17.6 Å². The predicted molar refractivity (Wildman–Crippen MR) is 79.2 cm³/mol. The molecule has 1 aromatic rings. The van der Waals surface area contributed by atoms with Crippen LogP contribution in [0, 0.1) is 25.7 Å². The fourth-order valence-corrected chi connectivity index (χ4v) is 2.67. The Morgan fingerprint density at radius 1 is 1.35 bits per heavy atom. The molecule has 2 atom stereocenters. The van der Waals surface area contributed by atoms with Gasteiger partial charge in [-0.15, -0.1) is 0 Å². The summed E-state index contributed by atoms with van der Waals surface area (Å²) in [6.45, 7) is 10.5. The zero-order valence-corrected chi connectivity index (χ0v) is 13.2. The lowest BCUT2D eigenvalue weighted by Crippen LogP contribution is -2.31. The second-order valence-electron chi connectivity index (χ2n) is 5.96. The van der Waals surface area contributed by atoms with Gasteiger partial charge in [-0.2, -0.15) is 0 Å². The number of hydrogen-bond acceptors (Lipinski definition) is 4. The van der Waals surface area contributed by atoms with Crippen LogP contribution in [0.25, 0.3) is 0 Å². The Morgan fingerprint density at radius 2 is 2.00 bits per heavy atom. The van der Waals surface area contributed by atoms with E-state index in [1.54, 1.807) is 0 Å². The quantitative estimate of drug-likeness (QED) is 0.804. The molecule has 1 aromatic heterocycles.